The minimum atomic E-state index is -2.88. The zero-order chi connectivity index (χ0) is 15.1. The van der Waals surface area contributed by atoms with Crippen molar-refractivity contribution in [2.75, 3.05) is 20.6 Å². The average Bonchev–Trinajstić information content (AvgIpc) is 2.36. The number of nitrogens with one attached hydrogen (secondary N) is 1. The van der Waals surface area contributed by atoms with Gasteiger partial charge in [-0.1, -0.05) is 11.6 Å². The van der Waals surface area contributed by atoms with E-state index in [1.54, 1.807) is 20.2 Å². The van der Waals surface area contributed by atoms with Crippen molar-refractivity contribution in [1.82, 2.24) is 10.2 Å². The summed E-state index contributed by atoms with van der Waals surface area (Å²) < 4.78 is 28.9. The summed E-state index contributed by atoms with van der Waals surface area (Å²) in [4.78, 5) is 12.9. The molecule has 1 amide bonds. The van der Waals surface area contributed by atoms with E-state index < -0.39 is 6.61 Å². The van der Waals surface area contributed by atoms with E-state index in [9.17, 15) is 13.6 Å². The maximum Gasteiger partial charge on any atom is 0.387 e. The molecule has 0 saturated carbocycles. The maximum absolute atomic E-state index is 12.3. The molecule has 0 atom stereocenters. The van der Waals surface area contributed by atoms with Crippen LogP contribution < -0.4 is 10.1 Å². The molecule has 0 aromatic heterocycles. The summed E-state index contributed by atoms with van der Waals surface area (Å²) in [6.07, 6.45) is 0.332. The summed E-state index contributed by atoms with van der Waals surface area (Å²) in [5, 5.41) is 3.44. The molecule has 0 bridgehead atoms. The third-order valence-electron chi connectivity index (χ3n) is 2.57. The molecule has 0 aliphatic carbocycles. The van der Waals surface area contributed by atoms with Gasteiger partial charge in [0, 0.05) is 44.2 Å². The van der Waals surface area contributed by atoms with Gasteiger partial charge in [-0.05, 0) is 18.2 Å². The van der Waals surface area contributed by atoms with Crippen LogP contribution in [0.4, 0.5) is 8.78 Å². The van der Waals surface area contributed by atoms with Crippen LogP contribution in [-0.4, -0.2) is 38.1 Å². The highest BCUT2D eigenvalue weighted by atomic mass is 35.5. The van der Waals surface area contributed by atoms with Crippen molar-refractivity contribution in [3.63, 3.8) is 0 Å². The minimum Gasteiger partial charge on any atom is -0.434 e. The SMILES string of the molecule is CN(C)C(=O)CCNCc1cc(Cl)ccc1OC(F)F. The van der Waals surface area contributed by atoms with Gasteiger partial charge < -0.3 is 15.0 Å². The number of amides is 1. The van der Waals surface area contributed by atoms with Gasteiger partial charge in [0.1, 0.15) is 5.75 Å². The smallest absolute Gasteiger partial charge is 0.387 e. The van der Waals surface area contributed by atoms with Crippen molar-refractivity contribution >= 4 is 17.5 Å². The number of alkyl halides is 2. The number of hydrogen-bond donors (Lipinski definition) is 1. The van der Waals surface area contributed by atoms with Gasteiger partial charge in [0.25, 0.3) is 0 Å². The first-order valence-electron chi connectivity index (χ1n) is 6.04. The molecule has 0 radical (unpaired) electrons. The summed E-state index contributed by atoms with van der Waals surface area (Å²) in [7, 11) is 3.35. The van der Waals surface area contributed by atoms with Crippen molar-refractivity contribution in [3.05, 3.63) is 28.8 Å². The Morgan fingerprint density at radius 2 is 2.15 bits per heavy atom. The number of hydrogen-bond acceptors (Lipinski definition) is 3. The second kappa shape index (κ2) is 8.01. The summed E-state index contributed by atoms with van der Waals surface area (Å²) >= 11 is 5.83. The summed E-state index contributed by atoms with van der Waals surface area (Å²) in [6.45, 7) is -2.15. The highest BCUT2D eigenvalue weighted by Gasteiger charge is 2.10. The number of nitrogens with zero attached hydrogens (tertiary/aromatic N) is 1. The van der Waals surface area contributed by atoms with Crippen LogP contribution in [0.15, 0.2) is 18.2 Å². The molecule has 0 saturated heterocycles. The first-order valence-corrected chi connectivity index (χ1v) is 6.42. The Hall–Kier alpha value is -1.40. The van der Waals surface area contributed by atoms with Crippen LogP contribution >= 0.6 is 11.6 Å². The quantitative estimate of drug-likeness (QED) is 0.787. The van der Waals surface area contributed by atoms with E-state index in [1.807, 2.05) is 0 Å². The highest BCUT2D eigenvalue weighted by Crippen LogP contribution is 2.24. The van der Waals surface area contributed by atoms with E-state index in [4.69, 9.17) is 11.6 Å². The van der Waals surface area contributed by atoms with Gasteiger partial charge in [0.05, 0.1) is 0 Å². The molecule has 0 unspecified atom stereocenters. The lowest BCUT2D eigenvalue weighted by Gasteiger charge is -2.13. The van der Waals surface area contributed by atoms with E-state index >= 15 is 0 Å². The van der Waals surface area contributed by atoms with E-state index in [0.717, 1.165) is 0 Å². The Balaban J connectivity index is 2.53. The van der Waals surface area contributed by atoms with Crippen LogP contribution in [0.2, 0.25) is 5.02 Å². The van der Waals surface area contributed by atoms with Gasteiger partial charge in [0.2, 0.25) is 5.91 Å². The number of carbonyl (C=O) groups excluding carboxylic acids is 1. The number of halogens is 3. The number of carbonyl (C=O) groups is 1. The van der Waals surface area contributed by atoms with Gasteiger partial charge in [-0.2, -0.15) is 8.78 Å². The van der Waals surface area contributed by atoms with Crippen LogP contribution in [0.25, 0.3) is 0 Å². The molecule has 0 fully saturated rings. The first-order chi connectivity index (χ1) is 9.40. The lowest BCUT2D eigenvalue weighted by molar-refractivity contribution is -0.128. The molecule has 1 rings (SSSR count). The maximum atomic E-state index is 12.3. The molecule has 0 heterocycles. The molecule has 1 aromatic rings. The van der Waals surface area contributed by atoms with E-state index in [1.165, 1.54) is 17.0 Å². The second-order valence-electron chi connectivity index (χ2n) is 4.35. The Bertz CT molecular complexity index is 456. The lowest BCUT2D eigenvalue weighted by Crippen LogP contribution is -2.26. The molecule has 20 heavy (non-hydrogen) atoms. The fraction of sp³-hybridized carbons (Fsp3) is 0.462. The van der Waals surface area contributed by atoms with Crippen molar-refractivity contribution < 1.29 is 18.3 Å². The Morgan fingerprint density at radius 1 is 1.45 bits per heavy atom. The fourth-order valence-corrected chi connectivity index (χ4v) is 1.73. The van der Waals surface area contributed by atoms with Crippen molar-refractivity contribution in [3.8, 4) is 5.75 Å². The molecule has 1 N–H and O–H groups in total. The van der Waals surface area contributed by atoms with E-state index in [-0.39, 0.29) is 11.7 Å². The standard InChI is InChI=1S/C13H17ClF2N2O2/c1-18(2)12(19)5-6-17-8-9-7-10(14)3-4-11(9)20-13(15)16/h3-4,7,13,17H,5-6,8H2,1-2H3. The van der Waals surface area contributed by atoms with Gasteiger partial charge in [-0.25, -0.2) is 0 Å². The van der Waals surface area contributed by atoms with E-state index in [2.05, 4.69) is 10.1 Å². The Labute approximate surface area is 121 Å². The van der Waals surface area contributed by atoms with Crippen LogP contribution in [0.5, 0.6) is 5.75 Å². The number of benzene rings is 1. The fourth-order valence-electron chi connectivity index (χ4n) is 1.54. The van der Waals surface area contributed by atoms with Crippen molar-refractivity contribution in [2.24, 2.45) is 0 Å². The Morgan fingerprint density at radius 3 is 2.75 bits per heavy atom. The second-order valence-corrected chi connectivity index (χ2v) is 4.78. The summed E-state index contributed by atoms with van der Waals surface area (Å²) in [5.41, 5.74) is 0.523. The highest BCUT2D eigenvalue weighted by molar-refractivity contribution is 6.30. The zero-order valence-electron chi connectivity index (χ0n) is 11.3. The van der Waals surface area contributed by atoms with Crippen LogP contribution in [0, 0.1) is 0 Å². The number of ether oxygens (including phenoxy) is 1. The molecule has 112 valence electrons. The van der Waals surface area contributed by atoms with Crippen LogP contribution in [0.3, 0.4) is 0 Å². The summed E-state index contributed by atoms with van der Waals surface area (Å²) in [6, 6.07) is 4.44. The molecule has 0 spiro atoms. The predicted molar refractivity (Wildman–Crippen MR) is 73.1 cm³/mol. The zero-order valence-corrected chi connectivity index (χ0v) is 12.1. The number of rotatable bonds is 7. The topological polar surface area (TPSA) is 41.6 Å². The molecule has 1 aromatic carbocycles. The third kappa shape index (κ3) is 5.71. The largest absolute Gasteiger partial charge is 0.434 e. The van der Waals surface area contributed by atoms with Gasteiger partial charge in [-0.15, -0.1) is 0 Å². The van der Waals surface area contributed by atoms with E-state index in [0.29, 0.717) is 30.1 Å². The van der Waals surface area contributed by atoms with Gasteiger partial charge in [0.15, 0.2) is 0 Å². The first kappa shape index (κ1) is 16.7. The van der Waals surface area contributed by atoms with Crippen LogP contribution in [0.1, 0.15) is 12.0 Å². The van der Waals surface area contributed by atoms with Gasteiger partial charge >= 0.3 is 6.61 Å². The minimum absolute atomic E-state index is 0.00681. The Kier molecular flexibility index (Phi) is 6.67. The van der Waals surface area contributed by atoms with Crippen molar-refractivity contribution in [1.29, 1.82) is 0 Å². The normalized spacial score (nSPS) is 10.7. The molecule has 0 aliphatic heterocycles. The monoisotopic (exact) mass is 306 g/mol. The van der Waals surface area contributed by atoms with Crippen LogP contribution in [-0.2, 0) is 11.3 Å². The molecule has 0 aliphatic rings. The third-order valence-corrected chi connectivity index (χ3v) is 2.80. The van der Waals surface area contributed by atoms with Gasteiger partial charge in [-0.3, -0.25) is 4.79 Å². The molecule has 7 heteroatoms. The predicted octanol–water partition coefficient (Wildman–Crippen LogP) is 2.51. The molecular weight excluding hydrogens is 290 g/mol. The molecule has 4 nitrogen and oxygen atoms in total. The average molecular weight is 307 g/mol. The summed E-state index contributed by atoms with van der Waals surface area (Å²) in [5.74, 6) is 0.0727. The lowest BCUT2D eigenvalue weighted by atomic mass is 10.2. The van der Waals surface area contributed by atoms with Crippen molar-refractivity contribution in [2.45, 2.75) is 19.6 Å². The molecular formula is C13H17ClF2N2O2.